The molecule has 6 bridgehead atoms. The van der Waals surface area contributed by atoms with Crippen LogP contribution in [0, 0.1) is 40.4 Å². The minimum absolute atomic E-state index is 0.0890. The number of nitrogens with one attached hydrogen (secondary N) is 5. The molecule has 0 aromatic heterocycles. The lowest BCUT2D eigenvalue weighted by Crippen LogP contribution is -2.65. The summed E-state index contributed by atoms with van der Waals surface area (Å²) in [7, 11) is -0.882. The van der Waals surface area contributed by atoms with Gasteiger partial charge in [-0.25, -0.2) is 0 Å². The predicted molar refractivity (Wildman–Crippen MR) is 225 cm³/mol. The molecule has 338 valence electrons. The third-order valence-corrected chi connectivity index (χ3v) is 15.4. The monoisotopic (exact) mass is 844 g/mol. The van der Waals surface area contributed by atoms with Crippen molar-refractivity contribution in [3.63, 3.8) is 0 Å². The topological polar surface area (TPSA) is 288 Å². The molecule has 0 aromatic carbocycles. The van der Waals surface area contributed by atoms with Crippen LogP contribution in [0.15, 0.2) is 0 Å². The number of carbonyl (C=O) groups is 5. The Morgan fingerprint density at radius 1 is 0.733 bits per heavy atom. The summed E-state index contributed by atoms with van der Waals surface area (Å²) >= 11 is 0. The summed E-state index contributed by atoms with van der Waals surface area (Å²) in [5, 5.41) is 23.4. The molecule has 10 atom stereocenters. The Labute approximate surface area is 355 Å². The summed E-state index contributed by atoms with van der Waals surface area (Å²) in [4.78, 5) is 66.7. The van der Waals surface area contributed by atoms with E-state index in [1.807, 2.05) is 6.92 Å². The van der Waals surface area contributed by atoms with E-state index in [-0.39, 0.29) is 43.2 Å². The smallest absolute Gasteiger partial charge is 0.403 e. The van der Waals surface area contributed by atoms with Gasteiger partial charge in [0.2, 0.25) is 23.6 Å². The number of carbonyl (C=O) groups excluding carboxylic acids is 5. The SMILES string of the molecule is C[C@@H](O)[C@H](NC(=O)[C@H](CCN)NC(=O)CCCCC12CC3CC(CC(C3)C1)C2)C(=O)N[C@@H](N)C(=O)N[C@@H](CCCCN)C(=O)N[C@@H](N)B1OC2C[C@@H]3C[C@@H](C3(C)C)[C@]2(C)O1. The van der Waals surface area contributed by atoms with Crippen LogP contribution in [-0.4, -0.2) is 103 Å². The Balaban J connectivity index is 0.963. The number of hydrogen-bond acceptors (Lipinski definition) is 12. The summed E-state index contributed by atoms with van der Waals surface area (Å²) in [5.74, 6) is 0.0614. The van der Waals surface area contributed by atoms with E-state index in [0.29, 0.717) is 43.1 Å². The van der Waals surface area contributed by atoms with Gasteiger partial charge in [0, 0.05) is 6.42 Å². The lowest BCUT2D eigenvalue weighted by Gasteiger charge is -2.64. The molecule has 17 nitrogen and oxygen atoms in total. The number of nitrogens with two attached hydrogens (primary N) is 4. The van der Waals surface area contributed by atoms with Crippen molar-refractivity contribution in [3.05, 3.63) is 0 Å². The highest BCUT2D eigenvalue weighted by Gasteiger charge is 2.68. The fourth-order valence-corrected chi connectivity index (χ4v) is 12.5. The molecule has 60 heavy (non-hydrogen) atoms. The molecule has 8 fully saturated rings. The Hall–Kier alpha value is -2.87. The molecule has 8 aliphatic rings. The van der Waals surface area contributed by atoms with Crippen molar-refractivity contribution >= 4 is 36.7 Å². The van der Waals surface area contributed by atoms with Crippen LogP contribution in [0.3, 0.4) is 0 Å². The van der Waals surface area contributed by atoms with Crippen LogP contribution in [0.1, 0.15) is 130 Å². The van der Waals surface area contributed by atoms with Gasteiger partial charge in [0.1, 0.15) is 24.2 Å². The molecule has 1 saturated heterocycles. The van der Waals surface area contributed by atoms with Crippen molar-refractivity contribution in [1.29, 1.82) is 0 Å². The average molecular weight is 844 g/mol. The van der Waals surface area contributed by atoms with E-state index in [4.69, 9.17) is 32.2 Å². The average Bonchev–Trinajstić information content (AvgIpc) is 3.55. The lowest BCUT2D eigenvalue weighted by atomic mass is 9.43. The highest BCUT2D eigenvalue weighted by atomic mass is 16.7. The third kappa shape index (κ3) is 10.3. The van der Waals surface area contributed by atoms with Gasteiger partial charge in [0.05, 0.1) is 17.8 Å². The summed E-state index contributed by atoms with van der Waals surface area (Å²) in [6, 6.07) is -4.68. The van der Waals surface area contributed by atoms with E-state index in [9.17, 15) is 29.1 Å². The minimum atomic E-state index is -1.66. The van der Waals surface area contributed by atoms with Crippen molar-refractivity contribution in [2.75, 3.05) is 13.1 Å². The maximum atomic E-state index is 13.6. The maximum absolute atomic E-state index is 13.6. The number of aliphatic hydroxyl groups is 1. The Morgan fingerprint density at radius 3 is 1.97 bits per heavy atom. The molecule has 5 amide bonds. The summed E-state index contributed by atoms with van der Waals surface area (Å²) in [6.45, 7) is 8.31. The first kappa shape index (κ1) is 46.6. The fourth-order valence-electron chi connectivity index (χ4n) is 12.5. The van der Waals surface area contributed by atoms with E-state index >= 15 is 0 Å². The van der Waals surface area contributed by atoms with Gasteiger partial charge in [-0.2, -0.15) is 0 Å². The van der Waals surface area contributed by atoms with Crippen molar-refractivity contribution in [2.24, 2.45) is 63.4 Å². The van der Waals surface area contributed by atoms with Crippen molar-refractivity contribution in [1.82, 2.24) is 26.6 Å². The van der Waals surface area contributed by atoms with Gasteiger partial charge in [-0.15, -0.1) is 0 Å². The summed E-state index contributed by atoms with van der Waals surface area (Å²) in [5.41, 5.74) is 24.0. The Morgan fingerprint density at radius 2 is 1.37 bits per heavy atom. The first-order chi connectivity index (χ1) is 28.4. The molecule has 1 unspecified atom stereocenters. The number of hydrogen-bond donors (Lipinski definition) is 10. The molecule has 8 rings (SSSR count). The van der Waals surface area contributed by atoms with Gasteiger partial charge in [0.15, 0.2) is 6.17 Å². The number of aliphatic hydroxyl groups excluding tert-OH is 1. The molecular weight excluding hydrogens is 769 g/mol. The van der Waals surface area contributed by atoms with Crippen LogP contribution >= 0.6 is 0 Å². The third-order valence-electron chi connectivity index (χ3n) is 15.4. The van der Waals surface area contributed by atoms with Crippen molar-refractivity contribution in [3.8, 4) is 0 Å². The van der Waals surface area contributed by atoms with Crippen LogP contribution in [0.5, 0.6) is 0 Å². The van der Waals surface area contributed by atoms with Gasteiger partial charge in [-0.3, -0.25) is 24.0 Å². The van der Waals surface area contributed by atoms with E-state index in [2.05, 4.69) is 40.4 Å². The van der Waals surface area contributed by atoms with E-state index in [0.717, 1.165) is 43.4 Å². The molecule has 7 saturated carbocycles. The first-order valence-corrected chi connectivity index (χ1v) is 22.8. The quantitative estimate of drug-likeness (QED) is 0.0396. The zero-order valence-corrected chi connectivity index (χ0v) is 36.3. The molecule has 0 radical (unpaired) electrons. The van der Waals surface area contributed by atoms with E-state index < -0.39 is 72.8 Å². The van der Waals surface area contributed by atoms with Crippen LogP contribution in [0.4, 0.5) is 0 Å². The molecule has 18 heteroatoms. The second kappa shape index (κ2) is 19.3. The van der Waals surface area contributed by atoms with Crippen molar-refractivity contribution in [2.45, 2.75) is 179 Å². The van der Waals surface area contributed by atoms with Crippen LogP contribution in [-0.2, 0) is 33.3 Å². The Bertz CT molecular complexity index is 1530. The second-order valence-electron chi connectivity index (χ2n) is 20.3. The van der Waals surface area contributed by atoms with Gasteiger partial charge in [-0.1, -0.05) is 20.3 Å². The van der Waals surface area contributed by atoms with Crippen LogP contribution < -0.4 is 49.5 Å². The first-order valence-electron chi connectivity index (χ1n) is 22.8. The zero-order valence-electron chi connectivity index (χ0n) is 36.3. The molecule has 1 aliphatic heterocycles. The molecule has 0 spiro atoms. The Kier molecular flexibility index (Phi) is 15.0. The zero-order chi connectivity index (χ0) is 43.6. The molecule has 1 heterocycles. The standard InChI is InChI=1S/C42H74BN9O8/c1-23(53)33(50-35(55)29(11-14-45)48-32(54)10-5-7-12-42-20-24-15-25(21-42)17-26(16-24)22-42)37(57)51-34(46)38(58)49-28(9-6-8-13-44)36(56)52-39(47)43-59-31-19-27-18-30(40(27,2)3)41(31,4)60-43/h23-31,33-34,39,53H,5-22,44-47H2,1-4H3,(H,48,54)(H,49,58)(H,50,55)(H,51,57)(H,52,56)/t23-,24?,25?,26?,27+,28+,29+,30+,31?,33+,34-,39-,41+,42?/m1/s1. The number of rotatable bonds is 22. The van der Waals surface area contributed by atoms with Gasteiger partial charge in [-0.05, 0) is 157 Å². The highest BCUT2D eigenvalue weighted by Crippen LogP contribution is 2.66. The molecule has 0 aromatic rings. The normalized spacial score (nSPS) is 33.6. The second-order valence-corrected chi connectivity index (χ2v) is 20.3. The minimum Gasteiger partial charge on any atom is -0.403 e. The fraction of sp³-hybridized carbons (Fsp3) is 0.881. The van der Waals surface area contributed by atoms with Crippen molar-refractivity contribution < 1.29 is 38.4 Å². The summed E-state index contributed by atoms with van der Waals surface area (Å²) < 4.78 is 12.6. The van der Waals surface area contributed by atoms with Gasteiger partial charge < -0.3 is 63.9 Å². The molecular formula is C42H74BN9O8. The predicted octanol–water partition coefficient (Wildman–Crippen LogP) is 0.146. The highest BCUT2D eigenvalue weighted by molar-refractivity contribution is 6.47. The van der Waals surface area contributed by atoms with Gasteiger partial charge >= 0.3 is 7.12 Å². The molecule has 14 N–H and O–H groups in total. The van der Waals surface area contributed by atoms with Crippen LogP contribution in [0.25, 0.3) is 0 Å². The number of amides is 5. The largest absolute Gasteiger partial charge is 0.497 e. The number of unbranched alkanes of at least 4 members (excludes halogenated alkanes) is 2. The van der Waals surface area contributed by atoms with Crippen LogP contribution in [0.2, 0.25) is 0 Å². The van der Waals surface area contributed by atoms with E-state index in [1.54, 1.807) is 0 Å². The van der Waals surface area contributed by atoms with Gasteiger partial charge in [0.25, 0.3) is 5.91 Å². The van der Waals surface area contributed by atoms with E-state index in [1.165, 1.54) is 45.4 Å². The molecule has 7 aliphatic carbocycles. The maximum Gasteiger partial charge on any atom is 0.497 e. The lowest BCUT2D eigenvalue weighted by molar-refractivity contribution is -0.199. The summed E-state index contributed by atoms with van der Waals surface area (Å²) in [6.07, 6.45) is 11.4.